The minimum absolute atomic E-state index is 0.191. The fourth-order valence-electron chi connectivity index (χ4n) is 2.97. The van der Waals surface area contributed by atoms with Gasteiger partial charge >= 0.3 is 24.0 Å². The van der Waals surface area contributed by atoms with Gasteiger partial charge in [0, 0.05) is 5.56 Å². The van der Waals surface area contributed by atoms with Gasteiger partial charge in [0.2, 0.25) is 0 Å². The maximum Gasteiger partial charge on any atom is 0.425 e. The molecular formula is C25H16F6O4. The van der Waals surface area contributed by atoms with Gasteiger partial charge in [-0.25, -0.2) is 14.0 Å². The maximum atomic E-state index is 13.3. The maximum absolute atomic E-state index is 13.3. The van der Waals surface area contributed by atoms with Gasteiger partial charge < -0.3 is 9.47 Å². The van der Waals surface area contributed by atoms with E-state index in [9.17, 15) is 35.9 Å². The van der Waals surface area contributed by atoms with Gasteiger partial charge in [0.25, 0.3) is 6.17 Å². The van der Waals surface area contributed by atoms with Gasteiger partial charge in [-0.15, -0.1) is 5.92 Å². The molecular weight excluding hydrogens is 478 g/mol. The summed E-state index contributed by atoms with van der Waals surface area (Å²) in [6, 6.07) is 14.7. The fraction of sp³-hybridized carbons (Fsp3) is 0.200. The third kappa shape index (κ3) is 6.32. The molecule has 3 rings (SSSR count). The van der Waals surface area contributed by atoms with Crippen LogP contribution in [0.3, 0.4) is 0 Å². The molecule has 0 bridgehead atoms. The number of hydrogen-bond acceptors (Lipinski definition) is 4. The zero-order chi connectivity index (χ0) is 25.8. The van der Waals surface area contributed by atoms with E-state index in [0.717, 1.165) is 5.56 Å². The van der Waals surface area contributed by atoms with Gasteiger partial charge in [-0.05, 0) is 66.2 Å². The van der Waals surface area contributed by atoms with E-state index in [2.05, 4.69) is 16.6 Å². The summed E-state index contributed by atoms with van der Waals surface area (Å²) in [7, 11) is 0. The van der Waals surface area contributed by atoms with Gasteiger partial charge in [0.1, 0.15) is 5.75 Å². The Morgan fingerprint density at radius 1 is 0.857 bits per heavy atom. The Balaban J connectivity index is 1.68. The average Bonchev–Trinajstić information content (AvgIpc) is 2.81. The Kier molecular flexibility index (Phi) is 7.39. The predicted molar refractivity (Wildman–Crippen MR) is 114 cm³/mol. The summed E-state index contributed by atoms with van der Waals surface area (Å²) < 4.78 is 85.7. The van der Waals surface area contributed by atoms with Crippen LogP contribution in [0.4, 0.5) is 26.3 Å². The summed E-state index contributed by atoms with van der Waals surface area (Å²) in [5, 5.41) is 0.929. The van der Waals surface area contributed by atoms with E-state index in [1.165, 1.54) is 36.4 Å². The number of rotatable bonds is 6. The highest BCUT2D eigenvalue weighted by atomic mass is 19.4. The second-order valence-corrected chi connectivity index (χ2v) is 7.31. The normalized spacial score (nSPS) is 12.4. The summed E-state index contributed by atoms with van der Waals surface area (Å²) in [6.07, 6.45) is -10.3. The van der Waals surface area contributed by atoms with E-state index < -0.39 is 36.8 Å². The molecule has 182 valence electrons. The van der Waals surface area contributed by atoms with Crippen molar-refractivity contribution >= 4 is 22.7 Å². The van der Waals surface area contributed by atoms with Gasteiger partial charge in [-0.1, -0.05) is 18.1 Å². The van der Waals surface area contributed by atoms with Crippen LogP contribution in [-0.2, 0) is 4.74 Å². The lowest BCUT2D eigenvalue weighted by Crippen LogP contribution is -2.45. The monoisotopic (exact) mass is 494 g/mol. The van der Waals surface area contributed by atoms with Crippen molar-refractivity contribution in [2.45, 2.75) is 25.2 Å². The number of halogens is 6. The zero-order valence-electron chi connectivity index (χ0n) is 18.0. The van der Waals surface area contributed by atoms with E-state index >= 15 is 0 Å². The van der Waals surface area contributed by atoms with Crippen LogP contribution in [0.5, 0.6) is 5.75 Å². The third-order valence-corrected chi connectivity index (χ3v) is 4.70. The SMILES string of the molecule is CC#Cc1ccc(C(=O)Oc2ccc3cc(C(=O)OCC(F)(F)C(F)C(F)(F)F)ccc3c2)cc1. The van der Waals surface area contributed by atoms with Gasteiger partial charge in [-0.3, -0.25) is 0 Å². The summed E-state index contributed by atoms with van der Waals surface area (Å²) in [6.45, 7) is -0.392. The second-order valence-electron chi connectivity index (χ2n) is 7.31. The minimum Gasteiger partial charge on any atom is -0.456 e. The average molecular weight is 494 g/mol. The van der Waals surface area contributed by atoms with Crippen LogP contribution in [-0.4, -0.2) is 36.8 Å². The highest BCUT2D eigenvalue weighted by molar-refractivity contribution is 5.96. The molecule has 10 heteroatoms. The molecule has 0 saturated heterocycles. The molecule has 4 nitrogen and oxygen atoms in total. The van der Waals surface area contributed by atoms with Crippen molar-refractivity contribution in [2.24, 2.45) is 0 Å². The largest absolute Gasteiger partial charge is 0.456 e. The Bertz CT molecular complexity index is 1300. The highest BCUT2D eigenvalue weighted by Gasteiger charge is 2.57. The Morgan fingerprint density at radius 2 is 1.46 bits per heavy atom. The first-order valence-corrected chi connectivity index (χ1v) is 9.95. The van der Waals surface area contributed by atoms with Crippen molar-refractivity contribution in [1.29, 1.82) is 0 Å². The molecule has 0 aliphatic heterocycles. The van der Waals surface area contributed by atoms with E-state index in [1.54, 1.807) is 31.2 Å². The Hall–Kier alpha value is -4.00. The first-order valence-electron chi connectivity index (χ1n) is 9.95. The highest BCUT2D eigenvalue weighted by Crippen LogP contribution is 2.35. The van der Waals surface area contributed by atoms with E-state index in [1.807, 2.05) is 0 Å². The molecule has 0 heterocycles. The van der Waals surface area contributed by atoms with Crippen molar-refractivity contribution < 1.29 is 45.4 Å². The smallest absolute Gasteiger partial charge is 0.425 e. The molecule has 0 radical (unpaired) electrons. The number of ether oxygens (including phenoxy) is 2. The van der Waals surface area contributed by atoms with E-state index in [4.69, 9.17) is 4.74 Å². The van der Waals surface area contributed by atoms with E-state index in [0.29, 0.717) is 16.3 Å². The van der Waals surface area contributed by atoms with Crippen molar-refractivity contribution in [3.05, 3.63) is 77.4 Å². The topological polar surface area (TPSA) is 52.6 Å². The fourth-order valence-corrected chi connectivity index (χ4v) is 2.97. The van der Waals surface area contributed by atoms with E-state index in [-0.39, 0.29) is 11.3 Å². The summed E-state index contributed by atoms with van der Waals surface area (Å²) in [4.78, 5) is 24.4. The van der Waals surface area contributed by atoms with Crippen LogP contribution in [0, 0.1) is 11.8 Å². The lowest BCUT2D eigenvalue weighted by Gasteiger charge is -2.22. The molecule has 35 heavy (non-hydrogen) atoms. The molecule has 0 saturated carbocycles. The zero-order valence-corrected chi connectivity index (χ0v) is 18.0. The quantitative estimate of drug-likeness (QED) is 0.179. The number of benzene rings is 3. The van der Waals surface area contributed by atoms with Crippen molar-refractivity contribution in [3.63, 3.8) is 0 Å². The third-order valence-electron chi connectivity index (χ3n) is 4.70. The first kappa shape index (κ1) is 25.6. The summed E-state index contributed by atoms with van der Waals surface area (Å²) in [5.41, 5.74) is 0.788. The number of carbonyl (C=O) groups is 2. The molecule has 1 unspecified atom stereocenters. The standard InChI is InChI=1S/C25H16F6O4/c1-2-3-15-4-6-16(7-5-15)22(33)35-20-11-10-17-12-19(9-8-18(17)13-20)21(32)34-14-24(27,28)23(26)25(29,30)31/h4-13,23H,14H2,1H3. The van der Waals surface area contributed by atoms with Crippen LogP contribution in [0.1, 0.15) is 33.2 Å². The summed E-state index contributed by atoms with van der Waals surface area (Å²) in [5.74, 6) is -1.13. The van der Waals surface area contributed by atoms with Gasteiger partial charge in [0.05, 0.1) is 11.1 Å². The van der Waals surface area contributed by atoms with Crippen molar-refractivity contribution in [3.8, 4) is 17.6 Å². The molecule has 0 N–H and O–H groups in total. The number of esters is 2. The number of fused-ring (bicyclic) bond motifs is 1. The minimum atomic E-state index is -5.80. The van der Waals surface area contributed by atoms with Crippen LogP contribution in [0.2, 0.25) is 0 Å². The van der Waals surface area contributed by atoms with Crippen LogP contribution < -0.4 is 4.74 Å². The number of alkyl halides is 6. The molecule has 0 amide bonds. The molecule has 3 aromatic carbocycles. The van der Waals surface area contributed by atoms with Crippen LogP contribution in [0.25, 0.3) is 10.8 Å². The molecule has 0 fully saturated rings. The second kappa shape index (κ2) is 10.1. The van der Waals surface area contributed by atoms with Crippen molar-refractivity contribution in [2.75, 3.05) is 6.61 Å². The van der Waals surface area contributed by atoms with Gasteiger partial charge in [-0.2, -0.15) is 22.0 Å². The molecule has 3 aromatic rings. The van der Waals surface area contributed by atoms with Gasteiger partial charge in [0.15, 0.2) is 6.61 Å². The molecule has 1 atom stereocenters. The first-order chi connectivity index (χ1) is 16.4. The molecule has 0 spiro atoms. The molecule has 0 aliphatic rings. The predicted octanol–water partition coefficient (Wildman–Crippen LogP) is 6.12. The lowest BCUT2D eigenvalue weighted by molar-refractivity contribution is -0.251. The number of hydrogen-bond donors (Lipinski definition) is 0. The van der Waals surface area contributed by atoms with Crippen LogP contribution in [0.15, 0.2) is 60.7 Å². The molecule has 0 aliphatic carbocycles. The summed E-state index contributed by atoms with van der Waals surface area (Å²) >= 11 is 0. The molecule has 0 aromatic heterocycles. The van der Waals surface area contributed by atoms with Crippen molar-refractivity contribution in [1.82, 2.24) is 0 Å². The number of carbonyl (C=O) groups excluding carboxylic acids is 2. The van der Waals surface area contributed by atoms with Crippen LogP contribution >= 0.6 is 0 Å². The lowest BCUT2D eigenvalue weighted by atomic mass is 10.1. The Labute approximate surface area is 195 Å². The Morgan fingerprint density at radius 3 is 2.09 bits per heavy atom.